The zero-order chi connectivity index (χ0) is 26.8. The highest BCUT2D eigenvalue weighted by atomic mass is 19.1. The Morgan fingerprint density at radius 1 is 1.11 bits per heavy atom. The lowest BCUT2D eigenvalue weighted by Crippen LogP contribution is -2.35. The van der Waals surface area contributed by atoms with Crippen LogP contribution in [-0.2, 0) is 31.3 Å². The van der Waals surface area contributed by atoms with Gasteiger partial charge < -0.3 is 29.0 Å². The van der Waals surface area contributed by atoms with Gasteiger partial charge in [0, 0.05) is 69.5 Å². The molecular weight excluding hydrogens is 483 g/mol. The predicted molar refractivity (Wildman–Crippen MR) is 132 cm³/mol. The number of hydrogen-bond acceptors (Lipinski definition) is 6. The number of carboxylic acid groups (broad SMARTS) is 2. The first-order valence-electron chi connectivity index (χ1n) is 11.5. The average molecular weight is 513 g/mol. The van der Waals surface area contributed by atoms with E-state index >= 15 is 0 Å². The highest BCUT2D eigenvalue weighted by Crippen LogP contribution is 2.37. The molecule has 0 aliphatic carbocycles. The Labute approximate surface area is 213 Å². The summed E-state index contributed by atoms with van der Waals surface area (Å²) in [5.74, 6) is -1.41. The average Bonchev–Trinajstić information content (AvgIpc) is 3.33. The van der Waals surface area contributed by atoms with Crippen LogP contribution in [0.15, 0.2) is 67.0 Å². The van der Waals surface area contributed by atoms with Gasteiger partial charge in [0.1, 0.15) is 24.0 Å². The van der Waals surface area contributed by atoms with Gasteiger partial charge in [-0.15, -0.1) is 0 Å². The van der Waals surface area contributed by atoms with Crippen LogP contribution in [0.4, 0.5) is 4.39 Å². The van der Waals surface area contributed by atoms with E-state index in [4.69, 9.17) is 24.4 Å². The molecule has 10 heteroatoms. The van der Waals surface area contributed by atoms with Crippen molar-refractivity contribution in [2.24, 2.45) is 0 Å². The number of aryl methyl sites for hydroxylation is 1. The number of ether oxygens (including phenoxy) is 3. The Morgan fingerprint density at radius 2 is 1.76 bits per heavy atom. The number of benzene rings is 2. The number of nitrogens with zero attached hydrogens (tertiary/aromatic N) is 2. The standard InChI is InChI=1S/C23H25FN2O3.C4H4O4/c1-17-25-9-10-26(17)21-5-3-18(4-6-21)16-29-22-14-19(13-20(24)15-22)23(27-2)7-11-28-12-8-23;5-3(6)1-2-4(7)8/h3-6,9-10,13-15H,7-8,11-12,16H2,1-2H3;1-2H,(H,5,6)(H,7,8). The zero-order valence-electron chi connectivity index (χ0n) is 20.6. The van der Waals surface area contributed by atoms with Crippen LogP contribution in [0.25, 0.3) is 5.69 Å². The van der Waals surface area contributed by atoms with Gasteiger partial charge in [-0.1, -0.05) is 12.1 Å². The van der Waals surface area contributed by atoms with E-state index in [1.165, 1.54) is 12.1 Å². The number of halogens is 1. The molecule has 2 heterocycles. The SMILES string of the molecule is COC1(c2cc(F)cc(OCc3ccc(-n4ccnc4C)cc3)c2)CCOCC1.O=C(O)C=CC(=O)O. The van der Waals surface area contributed by atoms with E-state index in [0.29, 0.717) is 50.6 Å². The van der Waals surface area contributed by atoms with Crippen LogP contribution in [0, 0.1) is 12.7 Å². The van der Waals surface area contributed by atoms with Crippen LogP contribution in [0.1, 0.15) is 29.8 Å². The van der Waals surface area contributed by atoms with Crippen molar-refractivity contribution in [2.45, 2.75) is 32.0 Å². The Bertz CT molecular complexity index is 1220. The second-order valence-corrected chi connectivity index (χ2v) is 8.30. The van der Waals surface area contributed by atoms with E-state index in [2.05, 4.69) is 4.98 Å². The molecule has 0 unspecified atom stereocenters. The maximum atomic E-state index is 14.3. The molecule has 1 fully saturated rings. The number of aromatic nitrogens is 2. The summed E-state index contributed by atoms with van der Waals surface area (Å²) in [6.07, 6.45) is 6.21. The third-order valence-electron chi connectivity index (χ3n) is 5.90. The van der Waals surface area contributed by atoms with Gasteiger partial charge in [-0.25, -0.2) is 19.0 Å². The summed E-state index contributed by atoms with van der Waals surface area (Å²) in [5, 5.41) is 15.6. The molecule has 1 aromatic heterocycles. The largest absolute Gasteiger partial charge is 0.489 e. The van der Waals surface area contributed by atoms with Crippen molar-refractivity contribution in [3.8, 4) is 11.4 Å². The summed E-state index contributed by atoms with van der Waals surface area (Å²) in [5.41, 5.74) is 2.32. The van der Waals surface area contributed by atoms with E-state index in [9.17, 15) is 14.0 Å². The molecule has 0 spiro atoms. The van der Waals surface area contributed by atoms with Gasteiger partial charge in [0.2, 0.25) is 0 Å². The van der Waals surface area contributed by atoms with E-state index in [0.717, 1.165) is 22.6 Å². The minimum atomic E-state index is -1.26. The summed E-state index contributed by atoms with van der Waals surface area (Å²) in [7, 11) is 1.67. The summed E-state index contributed by atoms with van der Waals surface area (Å²) in [6.45, 7) is 3.52. The molecule has 1 aliphatic rings. The molecule has 1 saturated heterocycles. The molecular formula is C27H29FN2O7. The smallest absolute Gasteiger partial charge is 0.328 e. The molecule has 0 bridgehead atoms. The molecule has 9 nitrogen and oxygen atoms in total. The first kappa shape index (κ1) is 27.6. The minimum absolute atomic E-state index is 0.327. The third kappa shape index (κ3) is 7.73. The molecule has 0 atom stereocenters. The number of carboxylic acids is 2. The number of methoxy groups -OCH3 is 1. The Balaban J connectivity index is 0.000000414. The molecule has 0 saturated carbocycles. The molecule has 2 N–H and O–H groups in total. The van der Waals surface area contributed by atoms with E-state index < -0.39 is 17.5 Å². The van der Waals surface area contributed by atoms with Crippen molar-refractivity contribution < 1.29 is 38.4 Å². The zero-order valence-corrected chi connectivity index (χ0v) is 20.6. The van der Waals surface area contributed by atoms with Crippen molar-refractivity contribution in [3.05, 3.63) is 89.8 Å². The number of carbonyl (C=O) groups is 2. The van der Waals surface area contributed by atoms with Crippen molar-refractivity contribution in [1.29, 1.82) is 0 Å². The van der Waals surface area contributed by atoms with Crippen LogP contribution in [0.2, 0.25) is 0 Å². The van der Waals surface area contributed by atoms with Gasteiger partial charge in [-0.3, -0.25) is 0 Å². The van der Waals surface area contributed by atoms with E-state index in [1.807, 2.05) is 48.0 Å². The highest BCUT2D eigenvalue weighted by Gasteiger charge is 2.35. The fraction of sp³-hybridized carbons (Fsp3) is 0.296. The van der Waals surface area contributed by atoms with Crippen molar-refractivity contribution in [2.75, 3.05) is 20.3 Å². The van der Waals surface area contributed by atoms with Gasteiger partial charge in [-0.2, -0.15) is 0 Å². The molecule has 37 heavy (non-hydrogen) atoms. The Hall–Kier alpha value is -4.02. The molecule has 4 rings (SSSR count). The van der Waals surface area contributed by atoms with E-state index in [1.54, 1.807) is 13.3 Å². The maximum Gasteiger partial charge on any atom is 0.328 e. The molecule has 3 aromatic rings. The number of hydrogen-bond donors (Lipinski definition) is 2. The van der Waals surface area contributed by atoms with Crippen molar-refractivity contribution in [1.82, 2.24) is 9.55 Å². The first-order chi connectivity index (χ1) is 17.7. The van der Waals surface area contributed by atoms with Gasteiger partial charge in [-0.05, 0) is 42.3 Å². The highest BCUT2D eigenvalue weighted by molar-refractivity contribution is 5.89. The monoisotopic (exact) mass is 512 g/mol. The second-order valence-electron chi connectivity index (χ2n) is 8.30. The fourth-order valence-corrected chi connectivity index (χ4v) is 3.93. The third-order valence-corrected chi connectivity index (χ3v) is 5.90. The van der Waals surface area contributed by atoms with Crippen LogP contribution in [0.5, 0.6) is 5.75 Å². The van der Waals surface area contributed by atoms with Gasteiger partial charge >= 0.3 is 11.9 Å². The van der Waals surface area contributed by atoms with Crippen LogP contribution >= 0.6 is 0 Å². The number of aliphatic carboxylic acids is 2. The summed E-state index contributed by atoms with van der Waals surface area (Å²) >= 11 is 0. The molecule has 1 aliphatic heterocycles. The Kier molecular flexibility index (Phi) is 9.53. The topological polar surface area (TPSA) is 120 Å². The van der Waals surface area contributed by atoms with E-state index in [-0.39, 0.29) is 5.82 Å². The summed E-state index contributed by atoms with van der Waals surface area (Å²) < 4.78 is 33.4. The fourth-order valence-electron chi connectivity index (χ4n) is 3.93. The lowest BCUT2D eigenvalue weighted by Gasteiger charge is -2.36. The molecule has 196 valence electrons. The minimum Gasteiger partial charge on any atom is -0.489 e. The number of imidazole rings is 1. The molecule has 0 amide bonds. The lowest BCUT2D eigenvalue weighted by atomic mass is 9.86. The van der Waals surface area contributed by atoms with Crippen molar-refractivity contribution in [3.63, 3.8) is 0 Å². The normalized spacial score (nSPS) is 14.6. The maximum absolute atomic E-state index is 14.3. The van der Waals surface area contributed by atoms with Crippen LogP contribution in [0.3, 0.4) is 0 Å². The quantitative estimate of drug-likeness (QED) is 0.430. The van der Waals surface area contributed by atoms with Gasteiger partial charge in [0.05, 0.1) is 5.60 Å². The number of rotatable bonds is 8. The summed E-state index contributed by atoms with van der Waals surface area (Å²) in [4.78, 5) is 23.4. The first-order valence-corrected chi connectivity index (χ1v) is 11.5. The van der Waals surface area contributed by atoms with Crippen LogP contribution < -0.4 is 4.74 Å². The molecule has 0 radical (unpaired) electrons. The van der Waals surface area contributed by atoms with Gasteiger partial charge in [0.25, 0.3) is 0 Å². The molecule has 2 aromatic carbocycles. The predicted octanol–water partition coefficient (Wildman–Crippen LogP) is 4.26. The second kappa shape index (κ2) is 12.8. The van der Waals surface area contributed by atoms with Crippen LogP contribution in [-0.4, -0.2) is 52.0 Å². The van der Waals surface area contributed by atoms with Gasteiger partial charge in [0.15, 0.2) is 0 Å². The Morgan fingerprint density at radius 3 is 2.30 bits per heavy atom. The van der Waals surface area contributed by atoms with Crippen molar-refractivity contribution >= 4 is 11.9 Å². The lowest BCUT2D eigenvalue weighted by molar-refractivity contribution is -0.134. The summed E-state index contributed by atoms with van der Waals surface area (Å²) in [6, 6.07) is 12.9.